The molecule has 1 aliphatic heterocycles. The lowest BCUT2D eigenvalue weighted by Gasteiger charge is -2.12. The minimum absolute atomic E-state index is 0.0881. The Morgan fingerprint density at radius 3 is 2.68 bits per heavy atom. The van der Waals surface area contributed by atoms with Gasteiger partial charge < -0.3 is 14.6 Å². The van der Waals surface area contributed by atoms with Gasteiger partial charge in [0, 0.05) is 30.7 Å². The summed E-state index contributed by atoms with van der Waals surface area (Å²) in [7, 11) is 0. The summed E-state index contributed by atoms with van der Waals surface area (Å²) in [5, 5.41) is 3.83. The molecule has 1 amide bonds. The van der Waals surface area contributed by atoms with E-state index < -0.39 is 0 Å². The number of fused-ring (bicyclic) bond motifs is 1. The van der Waals surface area contributed by atoms with E-state index in [4.69, 9.17) is 9.72 Å². The van der Waals surface area contributed by atoms with Crippen LogP contribution >= 0.6 is 11.8 Å². The Balaban J connectivity index is 1.30. The number of amides is 1. The maximum atomic E-state index is 13.2. The second kappa shape index (κ2) is 10.4. The molecule has 1 aliphatic rings. The van der Waals surface area contributed by atoms with Crippen LogP contribution in [-0.2, 0) is 17.0 Å². The Morgan fingerprint density at radius 2 is 1.91 bits per heavy atom. The molecule has 6 nitrogen and oxygen atoms in total. The molecule has 2 aromatic carbocycles. The molecule has 174 valence electrons. The molecule has 4 aromatic rings. The predicted molar refractivity (Wildman–Crippen MR) is 130 cm³/mol. The zero-order valence-electron chi connectivity index (χ0n) is 18.6. The lowest BCUT2D eigenvalue weighted by Crippen LogP contribution is -2.31. The first-order valence-corrected chi connectivity index (χ1v) is 12.3. The highest BCUT2D eigenvalue weighted by Gasteiger charge is 2.17. The number of benzene rings is 2. The predicted octanol–water partition coefficient (Wildman–Crippen LogP) is 4.82. The number of thioether (sulfide) groups is 1. The highest BCUT2D eigenvalue weighted by molar-refractivity contribution is 7.98. The van der Waals surface area contributed by atoms with Crippen LogP contribution in [0.4, 0.5) is 4.39 Å². The number of carbonyl (C=O) groups is 1. The van der Waals surface area contributed by atoms with Crippen molar-refractivity contribution in [2.75, 3.05) is 13.2 Å². The number of aromatic nitrogens is 3. The lowest BCUT2D eigenvalue weighted by atomic mass is 10.1. The zero-order chi connectivity index (χ0) is 23.3. The van der Waals surface area contributed by atoms with Crippen molar-refractivity contribution >= 4 is 28.7 Å². The Bertz CT molecular complexity index is 1270. The van der Waals surface area contributed by atoms with Gasteiger partial charge in [-0.2, -0.15) is 0 Å². The standard InChI is InChI=1S/C26H25FN4O2S/c27-21-9-5-19(6-10-21)17-34-26-30-23-11-12-28-15-24(23)31(26)16-18-3-7-20(8-4-18)25(32)29-14-22-2-1-13-33-22/h3-12,15,22H,1-2,13-14,16-17H2,(H,29,32)/t22-/m1/s1. The minimum atomic E-state index is -0.240. The molecular formula is C26H25FN4O2S. The number of pyridine rings is 1. The van der Waals surface area contributed by atoms with E-state index in [1.54, 1.807) is 30.1 Å². The Hall–Kier alpha value is -3.23. The summed E-state index contributed by atoms with van der Waals surface area (Å²) in [6.45, 7) is 1.92. The molecule has 34 heavy (non-hydrogen) atoms. The van der Waals surface area contributed by atoms with Crippen molar-refractivity contribution in [3.05, 3.63) is 89.5 Å². The molecule has 0 radical (unpaired) electrons. The number of ether oxygens (including phenoxy) is 1. The molecule has 1 atom stereocenters. The van der Waals surface area contributed by atoms with Crippen molar-refractivity contribution in [3.63, 3.8) is 0 Å². The fourth-order valence-electron chi connectivity index (χ4n) is 4.00. The summed E-state index contributed by atoms with van der Waals surface area (Å²) in [5.41, 5.74) is 4.54. The number of nitrogens with zero attached hydrogens (tertiary/aromatic N) is 3. The molecule has 0 aliphatic carbocycles. The van der Waals surface area contributed by atoms with Crippen molar-refractivity contribution in [2.24, 2.45) is 0 Å². The quantitative estimate of drug-likeness (QED) is 0.369. The Kier molecular flexibility index (Phi) is 6.87. The number of halogens is 1. The number of carbonyl (C=O) groups excluding carboxylic acids is 1. The van der Waals surface area contributed by atoms with Crippen LogP contribution in [0.3, 0.4) is 0 Å². The smallest absolute Gasteiger partial charge is 0.251 e. The lowest BCUT2D eigenvalue weighted by molar-refractivity contribution is 0.0858. The van der Waals surface area contributed by atoms with E-state index in [2.05, 4.69) is 14.9 Å². The molecule has 0 saturated carbocycles. The Morgan fingerprint density at radius 1 is 1.12 bits per heavy atom. The SMILES string of the molecule is O=C(NC[C@H]1CCCO1)c1ccc(Cn2c(SCc3ccc(F)cc3)nc3ccncc32)cc1. The summed E-state index contributed by atoms with van der Waals surface area (Å²) >= 11 is 1.60. The molecule has 1 saturated heterocycles. The van der Waals surface area contributed by atoms with Gasteiger partial charge in [0.1, 0.15) is 5.82 Å². The molecule has 1 fully saturated rings. The van der Waals surface area contributed by atoms with E-state index in [0.717, 1.165) is 46.8 Å². The summed E-state index contributed by atoms with van der Waals surface area (Å²) in [5.74, 6) is 0.354. The molecule has 0 bridgehead atoms. The first-order valence-electron chi connectivity index (χ1n) is 11.3. The zero-order valence-corrected chi connectivity index (χ0v) is 19.4. The average Bonchev–Trinajstić information content (AvgIpc) is 3.51. The van der Waals surface area contributed by atoms with Gasteiger partial charge in [0.25, 0.3) is 5.91 Å². The van der Waals surface area contributed by atoms with Gasteiger partial charge in [0.05, 0.1) is 29.9 Å². The number of imidazole rings is 1. The van der Waals surface area contributed by atoms with Crippen molar-refractivity contribution in [1.82, 2.24) is 19.9 Å². The van der Waals surface area contributed by atoms with Crippen molar-refractivity contribution in [2.45, 2.75) is 36.4 Å². The molecule has 8 heteroatoms. The van der Waals surface area contributed by atoms with Gasteiger partial charge in [-0.05, 0) is 54.3 Å². The normalized spacial score (nSPS) is 15.6. The third kappa shape index (κ3) is 5.29. The van der Waals surface area contributed by atoms with Crippen molar-refractivity contribution in [1.29, 1.82) is 0 Å². The van der Waals surface area contributed by atoms with Gasteiger partial charge in [-0.25, -0.2) is 9.37 Å². The van der Waals surface area contributed by atoms with E-state index in [-0.39, 0.29) is 17.8 Å². The molecular weight excluding hydrogens is 451 g/mol. The van der Waals surface area contributed by atoms with Crippen LogP contribution in [-0.4, -0.2) is 39.7 Å². The van der Waals surface area contributed by atoms with Crippen molar-refractivity contribution in [3.8, 4) is 0 Å². The van der Waals surface area contributed by atoms with Crippen LogP contribution in [0.5, 0.6) is 0 Å². The Labute approximate surface area is 201 Å². The average molecular weight is 477 g/mol. The van der Waals surface area contributed by atoms with Crippen LogP contribution in [0.2, 0.25) is 0 Å². The fourth-order valence-corrected chi connectivity index (χ4v) is 4.97. The summed E-state index contributed by atoms with van der Waals surface area (Å²) in [6, 6.07) is 16.1. The second-order valence-electron chi connectivity index (χ2n) is 8.30. The van der Waals surface area contributed by atoms with Gasteiger partial charge in [0.15, 0.2) is 5.16 Å². The minimum Gasteiger partial charge on any atom is -0.376 e. The first-order chi connectivity index (χ1) is 16.7. The van der Waals surface area contributed by atoms with Crippen LogP contribution in [0.1, 0.15) is 34.3 Å². The molecule has 1 N–H and O–H groups in total. The topological polar surface area (TPSA) is 69.0 Å². The van der Waals surface area contributed by atoms with Crippen LogP contribution in [0.15, 0.2) is 72.1 Å². The number of rotatable bonds is 8. The highest BCUT2D eigenvalue weighted by atomic mass is 32.2. The van der Waals surface area contributed by atoms with Gasteiger partial charge in [-0.3, -0.25) is 9.78 Å². The maximum Gasteiger partial charge on any atom is 0.251 e. The van der Waals surface area contributed by atoms with Gasteiger partial charge in [-0.1, -0.05) is 36.0 Å². The van der Waals surface area contributed by atoms with Crippen molar-refractivity contribution < 1.29 is 13.9 Å². The van der Waals surface area contributed by atoms with E-state index >= 15 is 0 Å². The first kappa shape index (κ1) is 22.6. The third-order valence-electron chi connectivity index (χ3n) is 5.87. The molecule has 2 aromatic heterocycles. The summed E-state index contributed by atoms with van der Waals surface area (Å²) in [6.07, 6.45) is 5.72. The van der Waals surface area contributed by atoms with E-state index in [1.807, 2.05) is 36.5 Å². The number of hydrogen-bond acceptors (Lipinski definition) is 5. The molecule has 5 rings (SSSR count). The van der Waals surface area contributed by atoms with Gasteiger partial charge in [-0.15, -0.1) is 0 Å². The molecule has 0 unspecified atom stereocenters. The van der Waals surface area contributed by atoms with E-state index in [9.17, 15) is 9.18 Å². The highest BCUT2D eigenvalue weighted by Crippen LogP contribution is 2.27. The van der Waals surface area contributed by atoms with E-state index in [0.29, 0.717) is 24.4 Å². The largest absolute Gasteiger partial charge is 0.376 e. The van der Waals surface area contributed by atoms with Gasteiger partial charge in [0.2, 0.25) is 0 Å². The van der Waals surface area contributed by atoms with Crippen LogP contribution < -0.4 is 5.32 Å². The molecule has 0 spiro atoms. The van der Waals surface area contributed by atoms with Gasteiger partial charge >= 0.3 is 0 Å². The number of nitrogens with one attached hydrogen (secondary N) is 1. The monoisotopic (exact) mass is 476 g/mol. The van der Waals surface area contributed by atoms with E-state index in [1.165, 1.54) is 12.1 Å². The third-order valence-corrected chi connectivity index (χ3v) is 6.92. The molecule has 3 heterocycles. The summed E-state index contributed by atoms with van der Waals surface area (Å²) < 4.78 is 20.9. The maximum absolute atomic E-state index is 13.2. The fraction of sp³-hybridized carbons (Fsp3) is 0.269. The van der Waals surface area contributed by atoms with Crippen LogP contribution in [0, 0.1) is 5.82 Å². The second-order valence-corrected chi connectivity index (χ2v) is 9.24. The summed E-state index contributed by atoms with van der Waals surface area (Å²) in [4.78, 5) is 21.5. The number of hydrogen-bond donors (Lipinski definition) is 1. The van der Waals surface area contributed by atoms with Crippen LogP contribution in [0.25, 0.3) is 11.0 Å².